The van der Waals surface area contributed by atoms with Crippen LogP contribution in [0.5, 0.6) is 5.75 Å². The molecule has 0 radical (unpaired) electrons. The maximum absolute atomic E-state index is 13.2. The van der Waals surface area contributed by atoms with Gasteiger partial charge in [-0.2, -0.15) is 4.31 Å². The topological polar surface area (TPSA) is 152 Å². The number of tetrazole rings is 1. The molecule has 2 N–H and O–H groups in total. The Morgan fingerprint density at radius 3 is 2.69 bits per heavy atom. The van der Waals surface area contributed by atoms with E-state index in [-0.39, 0.29) is 42.9 Å². The molecule has 0 bridgehead atoms. The van der Waals surface area contributed by atoms with E-state index in [0.29, 0.717) is 23.7 Å². The maximum Gasteiger partial charge on any atom is 0.260 e. The summed E-state index contributed by atoms with van der Waals surface area (Å²) >= 11 is 0. The molecule has 0 unspecified atom stereocenters. The lowest BCUT2D eigenvalue weighted by molar-refractivity contribution is 0.102. The number of aromatic nitrogens is 5. The third-order valence-electron chi connectivity index (χ3n) is 5.71. The molecular formula is C22H27N7O5S. The summed E-state index contributed by atoms with van der Waals surface area (Å²) in [4.78, 5) is 17.6. The molecule has 0 spiro atoms. The highest BCUT2D eigenvalue weighted by molar-refractivity contribution is 7.89. The number of rotatable bonds is 9. The van der Waals surface area contributed by atoms with Gasteiger partial charge in [-0.15, -0.1) is 5.10 Å². The Hall–Kier alpha value is -3.42. The fourth-order valence-electron chi connectivity index (χ4n) is 3.88. The second-order valence-corrected chi connectivity index (χ2v) is 10.3. The van der Waals surface area contributed by atoms with Gasteiger partial charge in [0.1, 0.15) is 17.3 Å². The van der Waals surface area contributed by atoms with E-state index in [4.69, 9.17) is 4.74 Å². The molecule has 0 fully saturated rings. The molecule has 0 saturated heterocycles. The quantitative estimate of drug-likeness (QED) is 0.445. The first-order chi connectivity index (χ1) is 16.8. The Labute approximate surface area is 203 Å². The van der Waals surface area contributed by atoms with E-state index in [1.807, 2.05) is 6.92 Å². The van der Waals surface area contributed by atoms with Crippen LogP contribution in [0, 0.1) is 0 Å². The highest BCUT2D eigenvalue weighted by Crippen LogP contribution is 2.32. The standard InChI is InChI=1S/C22H27N7O5S/c1-4-8-35(32,33)28-11-15-9-17(19(34-3)10-16(15)12-28)22(31)24-20-7-5-6-18(23-20)21-25-26-27-29(21)14(2)13-30/h5-7,9-10,14,30H,4,8,11-13H2,1-3H3,(H,23,24,31)/t14-/m1/s1. The number of fused-ring (bicyclic) bond motifs is 1. The minimum absolute atomic E-state index is 0.0772. The number of aliphatic hydroxyl groups excluding tert-OH is 1. The van der Waals surface area contributed by atoms with Crippen LogP contribution in [-0.2, 0) is 23.1 Å². The van der Waals surface area contributed by atoms with Crippen LogP contribution in [0.2, 0.25) is 0 Å². The highest BCUT2D eigenvalue weighted by Gasteiger charge is 2.30. The van der Waals surface area contributed by atoms with Crippen molar-refractivity contribution in [2.24, 2.45) is 0 Å². The minimum Gasteiger partial charge on any atom is -0.496 e. The third kappa shape index (κ3) is 5.01. The first kappa shape index (κ1) is 24.7. The van der Waals surface area contributed by atoms with Crippen LogP contribution >= 0.6 is 0 Å². The van der Waals surface area contributed by atoms with Crippen molar-refractivity contribution in [2.45, 2.75) is 39.4 Å². The van der Waals surface area contributed by atoms with Gasteiger partial charge < -0.3 is 15.2 Å². The predicted molar refractivity (Wildman–Crippen MR) is 127 cm³/mol. The summed E-state index contributed by atoms with van der Waals surface area (Å²) in [6.45, 7) is 3.90. The van der Waals surface area contributed by atoms with Crippen molar-refractivity contribution in [3.05, 3.63) is 47.0 Å². The van der Waals surface area contributed by atoms with Crippen LogP contribution < -0.4 is 10.1 Å². The monoisotopic (exact) mass is 501 g/mol. The number of amides is 1. The Morgan fingerprint density at radius 1 is 1.26 bits per heavy atom. The lowest BCUT2D eigenvalue weighted by Crippen LogP contribution is -2.27. The normalized spacial score (nSPS) is 14.5. The molecule has 13 heteroatoms. The number of carbonyl (C=O) groups excluding carboxylic acids is 1. The number of methoxy groups -OCH3 is 1. The summed E-state index contributed by atoms with van der Waals surface area (Å²) in [5.74, 6) is 0.591. The Kier molecular flexibility index (Phi) is 7.10. The smallest absolute Gasteiger partial charge is 0.260 e. The number of sulfonamides is 1. The number of hydrogen-bond acceptors (Lipinski definition) is 9. The zero-order valence-electron chi connectivity index (χ0n) is 19.7. The second kappa shape index (κ2) is 10.1. The molecule has 0 saturated carbocycles. The van der Waals surface area contributed by atoms with Gasteiger partial charge in [0.15, 0.2) is 0 Å². The number of ether oxygens (including phenoxy) is 1. The van der Waals surface area contributed by atoms with Gasteiger partial charge in [-0.25, -0.2) is 18.1 Å². The molecule has 186 valence electrons. The Bertz CT molecular complexity index is 1340. The molecule has 4 rings (SSSR count). The van der Waals surface area contributed by atoms with Gasteiger partial charge in [0.2, 0.25) is 15.8 Å². The zero-order chi connectivity index (χ0) is 25.2. The van der Waals surface area contributed by atoms with E-state index >= 15 is 0 Å². The summed E-state index contributed by atoms with van der Waals surface area (Å²) in [6, 6.07) is 8.05. The average molecular weight is 502 g/mol. The number of carbonyl (C=O) groups is 1. The summed E-state index contributed by atoms with van der Waals surface area (Å²) < 4.78 is 33.3. The van der Waals surface area contributed by atoms with Crippen molar-refractivity contribution < 1.29 is 23.1 Å². The average Bonchev–Trinajstić information content (AvgIpc) is 3.50. The number of hydrogen-bond donors (Lipinski definition) is 2. The van der Waals surface area contributed by atoms with Gasteiger partial charge in [0.25, 0.3) is 5.91 Å². The number of anilines is 1. The summed E-state index contributed by atoms with van der Waals surface area (Å²) in [5, 5.41) is 23.7. The number of nitrogens with zero attached hydrogens (tertiary/aromatic N) is 6. The highest BCUT2D eigenvalue weighted by atomic mass is 32.2. The number of pyridine rings is 1. The fourth-order valence-corrected chi connectivity index (χ4v) is 5.32. The molecular weight excluding hydrogens is 474 g/mol. The molecule has 1 aromatic carbocycles. The van der Waals surface area contributed by atoms with Crippen LogP contribution in [-0.4, -0.2) is 68.4 Å². The van der Waals surface area contributed by atoms with Gasteiger partial charge in [-0.1, -0.05) is 13.0 Å². The first-order valence-corrected chi connectivity index (χ1v) is 12.7. The first-order valence-electron chi connectivity index (χ1n) is 11.1. The summed E-state index contributed by atoms with van der Waals surface area (Å²) in [7, 11) is -1.91. The largest absolute Gasteiger partial charge is 0.496 e. The van der Waals surface area contributed by atoms with Crippen molar-refractivity contribution in [1.82, 2.24) is 29.5 Å². The summed E-state index contributed by atoms with van der Waals surface area (Å²) in [6.07, 6.45) is 0.531. The third-order valence-corrected chi connectivity index (χ3v) is 7.68. The Morgan fingerprint density at radius 2 is 2.00 bits per heavy atom. The van der Waals surface area contributed by atoms with E-state index in [1.165, 1.54) is 16.1 Å². The molecule has 1 aliphatic heterocycles. The van der Waals surface area contributed by atoms with Gasteiger partial charge in [0, 0.05) is 13.1 Å². The number of benzene rings is 1. The second-order valence-electron chi connectivity index (χ2n) is 8.25. The number of aliphatic hydroxyl groups is 1. The van der Waals surface area contributed by atoms with Crippen molar-refractivity contribution >= 4 is 21.7 Å². The predicted octanol–water partition coefficient (Wildman–Crippen LogP) is 1.60. The molecule has 1 amide bonds. The zero-order valence-corrected chi connectivity index (χ0v) is 20.5. The fraction of sp³-hybridized carbons (Fsp3) is 0.409. The van der Waals surface area contributed by atoms with E-state index in [9.17, 15) is 18.3 Å². The van der Waals surface area contributed by atoms with E-state index < -0.39 is 15.9 Å². The van der Waals surface area contributed by atoms with Crippen LogP contribution in [0.1, 0.15) is 47.8 Å². The van der Waals surface area contributed by atoms with Crippen LogP contribution in [0.15, 0.2) is 30.3 Å². The van der Waals surface area contributed by atoms with E-state index in [1.54, 1.807) is 37.3 Å². The minimum atomic E-state index is -3.37. The molecule has 35 heavy (non-hydrogen) atoms. The summed E-state index contributed by atoms with van der Waals surface area (Å²) in [5.41, 5.74) is 2.26. The lowest BCUT2D eigenvalue weighted by atomic mass is 10.0. The molecule has 2 aromatic heterocycles. The molecule has 0 aliphatic carbocycles. The molecule has 1 atom stereocenters. The van der Waals surface area contributed by atoms with Crippen molar-refractivity contribution in [3.63, 3.8) is 0 Å². The van der Waals surface area contributed by atoms with Crippen molar-refractivity contribution in [3.8, 4) is 17.3 Å². The SMILES string of the molecule is CCCS(=O)(=O)N1Cc2cc(OC)c(C(=O)Nc3cccc(-c4nnnn4[C@H](C)CO)n3)cc2C1. The van der Waals surface area contributed by atoms with Gasteiger partial charge >= 0.3 is 0 Å². The van der Waals surface area contributed by atoms with Gasteiger partial charge in [0.05, 0.1) is 31.1 Å². The van der Waals surface area contributed by atoms with Crippen molar-refractivity contribution in [2.75, 3.05) is 24.8 Å². The Balaban J connectivity index is 1.58. The molecule has 12 nitrogen and oxygen atoms in total. The van der Waals surface area contributed by atoms with E-state index in [0.717, 1.165) is 11.1 Å². The van der Waals surface area contributed by atoms with Gasteiger partial charge in [-0.3, -0.25) is 4.79 Å². The lowest BCUT2D eigenvalue weighted by Gasteiger charge is -2.14. The maximum atomic E-state index is 13.2. The van der Waals surface area contributed by atoms with E-state index in [2.05, 4.69) is 25.8 Å². The molecule has 1 aliphatic rings. The molecule has 3 heterocycles. The number of nitrogens with one attached hydrogen (secondary N) is 1. The van der Waals surface area contributed by atoms with Crippen LogP contribution in [0.3, 0.4) is 0 Å². The van der Waals surface area contributed by atoms with Crippen LogP contribution in [0.4, 0.5) is 5.82 Å². The molecule has 3 aromatic rings. The van der Waals surface area contributed by atoms with Gasteiger partial charge in [-0.05, 0) is 59.2 Å². The van der Waals surface area contributed by atoms with Crippen LogP contribution in [0.25, 0.3) is 11.5 Å². The van der Waals surface area contributed by atoms with Crippen molar-refractivity contribution in [1.29, 1.82) is 0 Å².